The second-order valence-corrected chi connectivity index (χ2v) is 14.0. The van der Waals surface area contributed by atoms with E-state index in [-0.39, 0.29) is 75.0 Å². The molecule has 2 aromatic carbocycles. The monoisotopic (exact) mass is 857 g/mol. The van der Waals surface area contributed by atoms with Gasteiger partial charge < -0.3 is 61.0 Å². The molecule has 0 fully saturated rings. The zero-order valence-corrected chi connectivity index (χ0v) is 34.2. The summed E-state index contributed by atoms with van der Waals surface area (Å²) in [6.07, 6.45) is 0.604. The van der Waals surface area contributed by atoms with Crippen molar-refractivity contribution in [3.63, 3.8) is 0 Å². The van der Waals surface area contributed by atoms with Gasteiger partial charge in [0.1, 0.15) is 30.2 Å². The van der Waals surface area contributed by atoms with E-state index in [1.54, 1.807) is 42.5 Å². The van der Waals surface area contributed by atoms with Crippen molar-refractivity contribution < 1.29 is 33.6 Å². The molecule has 0 heterocycles. The fraction of sp³-hybridized carbons (Fsp3) is 0.432. The highest BCUT2D eigenvalue weighted by Crippen LogP contribution is 2.08. The second-order valence-electron chi connectivity index (χ2n) is 13.3. The number of hydrogen-bond acceptors (Lipinski definition) is 12. The van der Waals surface area contributed by atoms with Gasteiger partial charge in [0, 0.05) is 31.0 Å². The number of Topliss-reactive ketones (excluding diaryl/α,β-unsaturated/α-hetero) is 1. The molecule has 0 saturated carbocycles. The van der Waals surface area contributed by atoms with Gasteiger partial charge in [-0.15, -0.1) is 0 Å². The molecule has 59 heavy (non-hydrogen) atoms. The van der Waals surface area contributed by atoms with E-state index in [1.165, 1.54) is 0 Å². The lowest BCUT2D eigenvalue weighted by molar-refractivity contribution is -0.138. The molecular weight excluding hydrogens is 803 g/mol. The molecule has 2 rings (SSSR count). The number of guanidine groups is 2. The number of aliphatic imine (C=N–C) groups is 2. The molecule has 2 aromatic rings. The van der Waals surface area contributed by atoms with E-state index in [1.807, 2.05) is 18.2 Å². The summed E-state index contributed by atoms with van der Waals surface area (Å²) in [7, 11) is 0. The SMILES string of the molecule is NC(=O)C(=O)[C@H](Cc1ccccc1)NC(=O)[C@H](CS)NC(=O)[C@H](CCCN=C(N)N)NC(=O)[C@H](CS)NC(=O)[C@H](CCCN=C(N)N)NC(=O)[C@@H](N)Cc1ccccc1. The summed E-state index contributed by atoms with van der Waals surface area (Å²) < 4.78 is 0. The lowest BCUT2D eigenvalue weighted by Gasteiger charge is -2.26. The molecule has 0 radical (unpaired) electrons. The van der Waals surface area contributed by atoms with Crippen LogP contribution in [0.1, 0.15) is 36.8 Å². The van der Waals surface area contributed by atoms with Crippen LogP contribution < -0.4 is 61.0 Å². The number of nitrogens with zero attached hydrogens (tertiary/aromatic N) is 2. The summed E-state index contributed by atoms with van der Waals surface area (Å²) in [5, 5.41) is 12.8. The Balaban J connectivity index is 2.24. The second kappa shape index (κ2) is 26.2. The van der Waals surface area contributed by atoms with Crippen LogP contribution >= 0.6 is 25.3 Å². The quantitative estimate of drug-likeness (QED) is 0.0143. The smallest absolute Gasteiger partial charge is 0.287 e. The third-order valence-corrected chi connectivity index (χ3v) is 9.31. The Morgan fingerprint density at radius 3 is 1.25 bits per heavy atom. The van der Waals surface area contributed by atoms with E-state index in [4.69, 9.17) is 34.4 Å². The highest BCUT2D eigenvalue weighted by atomic mass is 32.1. The molecule has 0 aliphatic heterocycles. The first-order valence-electron chi connectivity index (χ1n) is 18.6. The van der Waals surface area contributed by atoms with E-state index in [0.717, 1.165) is 5.56 Å². The average molecular weight is 858 g/mol. The van der Waals surface area contributed by atoms with Crippen molar-refractivity contribution in [1.82, 2.24) is 26.6 Å². The van der Waals surface area contributed by atoms with Crippen LogP contribution in [0.25, 0.3) is 0 Å². The van der Waals surface area contributed by atoms with Crippen molar-refractivity contribution in [2.75, 3.05) is 24.6 Å². The predicted octanol–water partition coefficient (Wildman–Crippen LogP) is -3.76. The van der Waals surface area contributed by atoms with Crippen LogP contribution in [0.5, 0.6) is 0 Å². The Labute approximate surface area is 353 Å². The van der Waals surface area contributed by atoms with Crippen LogP contribution in [0.2, 0.25) is 0 Å². The van der Waals surface area contributed by atoms with Crippen molar-refractivity contribution in [2.45, 2.75) is 74.8 Å². The molecule has 22 heteroatoms. The molecule has 322 valence electrons. The minimum atomic E-state index is -1.35. The Kier molecular flexibility index (Phi) is 21.9. The highest BCUT2D eigenvalue weighted by molar-refractivity contribution is 7.80. The van der Waals surface area contributed by atoms with E-state index >= 15 is 0 Å². The first-order chi connectivity index (χ1) is 28.1. The van der Waals surface area contributed by atoms with E-state index in [9.17, 15) is 33.6 Å². The number of primary amides is 1. The molecule has 0 spiro atoms. The van der Waals surface area contributed by atoms with Gasteiger partial charge in [0.2, 0.25) is 35.3 Å². The Morgan fingerprint density at radius 2 is 0.864 bits per heavy atom. The van der Waals surface area contributed by atoms with Crippen LogP contribution in [0.3, 0.4) is 0 Å². The Hall–Kier alpha value is -5.87. The maximum Gasteiger partial charge on any atom is 0.287 e. The fourth-order valence-corrected chi connectivity index (χ4v) is 6.01. The van der Waals surface area contributed by atoms with Gasteiger partial charge in [0.05, 0.1) is 6.04 Å². The maximum atomic E-state index is 13.7. The van der Waals surface area contributed by atoms with E-state index in [0.29, 0.717) is 5.56 Å². The minimum Gasteiger partial charge on any atom is -0.370 e. The standard InChI is InChI=1S/C37H55N13O7S2/c38-23(17-21-9-3-1-4-10-21)31(53)46-24(13-7-15-44-36(40)41)32(54)49-27(19-58)34(56)47-25(14-8-16-45-37(42)43)33(55)50-28(20-59)35(57)48-26(29(51)30(39)52)18-22-11-5-2-6-12-22/h1-6,9-12,23-28,58-59H,7-8,13-20,38H2,(H2,39,52)(H,46,53)(H,47,56)(H,48,57)(H,49,54)(H,50,55)(H4,40,41,44)(H4,42,43,45)/t23-,24-,25-,26-,27-,28-/m0/s1. The number of thiol groups is 2. The molecule has 20 nitrogen and oxygen atoms in total. The normalized spacial score (nSPS) is 13.7. The highest BCUT2D eigenvalue weighted by Gasteiger charge is 2.33. The fourth-order valence-electron chi connectivity index (χ4n) is 5.49. The number of ketones is 1. The first kappa shape index (κ1) is 49.3. The first-order valence-corrected chi connectivity index (χ1v) is 19.8. The molecule has 6 amide bonds. The summed E-state index contributed by atoms with van der Waals surface area (Å²) in [6, 6.07) is 10.1. The number of carbonyl (C=O) groups is 7. The van der Waals surface area contributed by atoms with E-state index < -0.39 is 77.5 Å². The lowest BCUT2D eigenvalue weighted by atomic mass is 10.0. The van der Waals surface area contributed by atoms with Crippen LogP contribution in [-0.2, 0) is 46.4 Å². The van der Waals surface area contributed by atoms with Gasteiger partial charge in [-0.3, -0.25) is 43.5 Å². The van der Waals surface area contributed by atoms with Gasteiger partial charge in [-0.25, -0.2) is 0 Å². The Bertz CT molecular complexity index is 1780. The van der Waals surface area contributed by atoms with Crippen LogP contribution in [0.4, 0.5) is 0 Å². The molecule has 0 unspecified atom stereocenters. The molecule has 0 aromatic heterocycles. The third kappa shape index (κ3) is 18.5. The summed E-state index contributed by atoms with van der Waals surface area (Å²) in [4.78, 5) is 99.7. The molecule has 0 saturated heterocycles. The molecule has 0 aliphatic rings. The number of nitrogens with one attached hydrogen (secondary N) is 5. The average Bonchev–Trinajstić information content (AvgIpc) is 3.20. The molecule has 0 bridgehead atoms. The minimum absolute atomic E-state index is 0.0396. The number of carbonyl (C=O) groups excluding carboxylic acids is 7. The third-order valence-electron chi connectivity index (χ3n) is 8.58. The lowest BCUT2D eigenvalue weighted by Crippen LogP contribution is -2.60. The largest absolute Gasteiger partial charge is 0.370 e. The summed E-state index contributed by atoms with van der Waals surface area (Å²) >= 11 is 8.44. The van der Waals surface area contributed by atoms with Gasteiger partial charge in [-0.1, -0.05) is 60.7 Å². The molecule has 6 atom stereocenters. The molecule has 0 aliphatic carbocycles. The van der Waals surface area contributed by atoms with Crippen molar-refractivity contribution in [2.24, 2.45) is 44.4 Å². The predicted molar refractivity (Wildman–Crippen MR) is 230 cm³/mol. The molecule has 17 N–H and O–H groups in total. The summed E-state index contributed by atoms with van der Waals surface area (Å²) in [5.41, 5.74) is 34.5. The maximum absolute atomic E-state index is 13.7. The number of benzene rings is 2. The zero-order chi connectivity index (χ0) is 43.9. The van der Waals surface area contributed by atoms with Gasteiger partial charge in [0.25, 0.3) is 5.91 Å². The summed E-state index contributed by atoms with van der Waals surface area (Å²) in [5.74, 6) is -7.05. The van der Waals surface area contributed by atoms with Crippen LogP contribution in [0.15, 0.2) is 70.6 Å². The van der Waals surface area contributed by atoms with Gasteiger partial charge in [-0.2, -0.15) is 25.3 Å². The van der Waals surface area contributed by atoms with Crippen LogP contribution in [0, 0.1) is 0 Å². The number of nitrogens with two attached hydrogens (primary N) is 6. The van der Waals surface area contributed by atoms with Crippen molar-refractivity contribution >= 4 is 78.4 Å². The number of hydrogen-bond donors (Lipinski definition) is 13. The number of amides is 6. The van der Waals surface area contributed by atoms with E-state index in [2.05, 4.69) is 61.8 Å². The van der Waals surface area contributed by atoms with Gasteiger partial charge in [0.15, 0.2) is 11.9 Å². The van der Waals surface area contributed by atoms with Crippen LogP contribution in [-0.4, -0.2) is 114 Å². The van der Waals surface area contributed by atoms with Crippen molar-refractivity contribution in [1.29, 1.82) is 0 Å². The van der Waals surface area contributed by atoms with Crippen molar-refractivity contribution in [3.8, 4) is 0 Å². The zero-order valence-electron chi connectivity index (χ0n) is 32.4. The Morgan fingerprint density at radius 1 is 0.508 bits per heavy atom. The van der Waals surface area contributed by atoms with Gasteiger partial charge in [-0.05, 0) is 43.2 Å². The number of rotatable bonds is 26. The topological polar surface area (TPSA) is 360 Å². The van der Waals surface area contributed by atoms with Gasteiger partial charge >= 0.3 is 0 Å². The molecular formula is C37H55N13O7S2. The van der Waals surface area contributed by atoms with Crippen molar-refractivity contribution in [3.05, 3.63) is 71.8 Å². The summed E-state index contributed by atoms with van der Waals surface area (Å²) in [6.45, 7) is 0.223.